The van der Waals surface area contributed by atoms with E-state index in [1.807, 2.05) is 41.6 Å². The number of hydrogen-bond donors (Lipinski definition) is 0. The van der Waals surface area contributed by atoms with E-state index in [0.717, 1.165) is 29.7 Å². The molecule has 0 atom stereocenters. The maximum Gasteiger partial charge on any atom is 0.350 e. The molecule has 2 aromatic rings. The van der Waals surface area contributed by atoms with Gasteiger partial charge in [0.2, 0.25) is 0 Å². The largest absolute Gasteiger partial charge is 0.422 e. The van der Waals surface area contributed by atoms with Crippen molar-refractivity contribution in [2.24, 2.45) is 0 Å². The lowest BCUT2D eigenvalue weighted by molar-refractivity contribution is 0.554. The van der Waals surface area contributed by atoms with Gasteiger partial charge in [0.25, 0.3) is 0 Å². The summed E-state index contributed by atoms with van der Waals surface area (Å²) in [6.07, 6.45) is 0. The van der Waals surface area contributed by atoms with Crippen LogP contribution in [0.4, 0.5) is 5.69 Å². The Morgan fingerprint density at radius 3 is 2.56 bits per heavy atom. The molecule has 1 heterocycles. The Labute approximate surface area is 120 Å². The predicted octanol–water partition coefficient (Wildman–Crippen LogP) is 3.55. The summed E-state index contributed by atoms with van der Waals surface area (Å²) in [6, 6.07) is 6.06. The summed E-state index contributed by atoms with van der Waals surface area (Å²) in [6.45, 7) is 8.06. The second kappa shape index (κ2) is 5.30. The van der Waals surface area contributed by atoms with Crippen molar-refractivity contribution in [2.75, 3.05) is 18.0 Å². The summed E-state index contributed by atoms with van der Waals surface area (Å²) >= 11 is 2.04. The summed E-state index contributed by atoms with van der Waals surface area (Å²) in [7, 11) is 0. The molecule has 3 nitrogen and oxygen atoms in total. The van der Waals surface area contributed by atoms with Crippen LogP contribution in [0.5, 0.6) is 0 Å². The van der Waals surface area contributed by atoms with Gasteiger partial charge in [0.15, 0.2) is 0 Å². The molecule has 18 heavy (non-hydrogen) atoms. The van der Waals surface area contributed by atoms with Gasteiger partial charge < -0.3 is 9.32 Å². The lowest BCUT2D eigenvalue weighted by Gasteiger charge is -2.21. The molecule has 0 saturated carbocycles. The van der Waals surface area contributed by atoms with Crippen molar-refractivity contribution >= 4 is 39.2 Å². The van der Waals surface area contributed by atoms with Crippen LogP contribution in [0.3, 0.4) is 0 Å². The predicted molar refractivity (Wildman–Crippen MR) is 83.5 cm³/mol. The van der Waals surface area contributed by atoms with Crippen molar-refractivity contribution in [3.8, 4) is 0 Å². The number of hydrogen-bond acceptors (Lipinski definition) is 3. The SMILES string of the molecule is CCN(CC)c1ccc2c(C)c(I)c(=O)oc2c1. The summed E-state index contributed by atoms with van der Waals surface area (Å²) in [4.78, 5) is 13.9. The highest BCUT2D eigenvalue weighted by Gasteiger charge is 2.10. The third-order valence-corrected chi connectivity index (χ3v) is 4.46. The molecule has 0 amide bonds. The molecule has 1 aromatic carbocycles. The van der Waals surface area contributed by atoms with Gasteiger partial charge in [-0.2, -0.15) is 0 Å². The number of benzene rings is 1. The molecule has 0 spiro atoms. The molecule has 0 N–H and O–H groups in total. The van der Waals surface area contributed by atoms with Crippen molar-refractivity contribution in [1.29, 1.82) is 0 Å². The van der Waals surface area contributed by atoms with Crippen LogP contribution in [0, 0.1) is 10.5 Å². The smallest absolute Gasteiger partial charge is 0.350 e. The minimum Gasteiger partial charge on any atom is -0.422 e. The van der Waals surface area contributed by atoms with Crippen LogP contribution < -0.4 is 10.5 Å². The van der Waals surface area contributed by atoms with Crippen molar-refractivity contribution in [3.05, 3.63) is 37.8 Å². The molecule has 96 valence electrons. The second-order valence-electron chi connectivity index (χ2n) is 4.18. The topological polar surface area (TPSA) is 33.5 Å². The molecular weight excluding hydrogens is 341 g/mol. The molecule has 0 unspecified atom stereocenters. The van der Waals surface area contributed by atoms with E-state index in [9.17, 15) is 4.79 Å². The van der Waals surface area contributed by atoms with Gasteiger partial charge >= 0.3 is 5.63 Å². The van der Waals surface area contributed by atoms with Crippen molar-refractivity contribution < 1.29 is 4.42 Å². The van der Waals surface area contributed by atoms with Gasteiger partial charge in [-0.1, -0.05) is 0 Å². The average Bonchev–Trinajstić information content (AvgIpc) is 2.37. The van der Waals surface area contributed by atoms with Crippen LogP contribution >= 0.6 is 22.6 Å². The molecule has 0 fully saturated rings. The zero-order chi connectivity index (χ0) is 13.3. The Kier molecular flexibility index (Phi) is 3.94. The molecule has 2 rings (SSSR count). The third-order valence-electron chi connectivity index (χ3n) is 3.21. The van der Waals surface area contributed by atoms with Gasteiger partial charge in [-0.3, -0.25) is 0 Å². The normalized spacial score (nSPS) is 10.9. The van der Waals surface area contributed by atoms with Gasteiger partial charge in [0, 0.05) is 30.2 Å². The molecule has 4 heteroatoms. The zero-order valence-corrected chi connectivity index (χ0v) is 12.9. The fourth-order valence-electron chi connectivity index (χ4n) is 2.11. The lowest BCUT2D eigenvalue weighted by atomic mass is 10.1. The Morgan fingerprint density at radius 2 is 1.94 bits per heavy atom. The van der Waals surface area contributed by atoms with E-state index in [0.29, 0.717) is 9.15 Å². The van der Waals surface area contributed by atoms with Gasteiger partial charge in [-0.15, -0.1) is 0 Å². The lowest BCUT2D eigenvalue weighted by Crippen LogP contribution is -2.21. The molecular formula is C14H16INO2. The molecule has 0 aliphatic heterocycles. The van der Waals surface area contributed by atoms with Crippen molar-refractivity contribution in [1.82, 2.24) is 0 Å². The minimum absolute atomic E-state index is 0.253. The molecule has 1 aromatic heterocycles. The van der Waals surface area contributed by atoms with Crippen LogP contribution in [0.2, 0.25) is 0 Å². The monoisotopic (exact) mass is 357 g/mol. The standard InChI is InChI=1S/C14H16INO2/c1-4-16(5-2)10-6-7-11-9(3)13(15)14(17)18-12(11)8-10/h6-8H,4-5H2,1-3H3. The number of nitrogens with zero attached hydrogens (tertiary/aromatic N) is 1. The first kappa shape index (κ1) is 13.4. The van der Waals surface area contributed by atoms with E-state index in [4.69, 9.17) is 4.42 Å². The fourth-order valence-corrected chi connectivity index (χ4v) is 2.51. The van der Waals surface area contributed by atoms with Crippen LogP contribution in [0.1, 0.15) is 19.4 Å². The number of rotatable bonds is 3. The van der Waals surface area contributed by atoms with Gasteiger partial charge in [0.1, 0.15) is 9.15 Å². The number of anilines is 1. The Bertz CT molecular complexity index is 629. The van der Waals surface area contributed by atoms with E-state index in [1.165, 1.54) is 0 Å². The van der Waals surface area contributed by atoms with Gasteiger partial charge in [-0.25, -0.2) is 4.79 Å². The maximum absolute atomic E-state index is 11.7. The van der Waals surface area contributed by atoms with Crippen LogP contribution in [0.25, 0.3) is 11.0 Å². The van der Waals surface area contributed by atoms with Crippen LogP contribution in [-0.2, 0) is 0 Å². The molecule has 0 radical (unpaired) electrons. The molecule has 0 aliphatic rings. The first-order valence-electron chi connectivity index (χ1n) is 6.06. The maximum atomic E-state index is 11.7. The molecule has 0 saturated heterocycles. The fraction of sp³-hybridized carbons (Fsp3) is 0.357. The van der Waals surface area contributed by atoms with E-state index >= 15 is 0 Å². The molecule has 0 bridgehead atoms. The number of aryl methyl sites for hydroxylation is 1. The minimum atomic E-state index is -0.253. The Morgan fingerprint density at radius 1 is 1.28 bits per heavy atom. The average molecular weight is 357 g/mol. The summed E-state index contributed by atoms with van der Waals surface area (Å²) in [5, 5.41) is 1.01. The van der Waals surface area contributed by atoms with E-state index in [2.05, 4.69) is 24.8 Å². The van der Waals surface area contributed by atoms with Gasteiger partial charge in [-0.05, 0) is 61.1 Å². The first-order chi connectivity index (χ1) is 8.58. The third kappa shape index (κ3) is 2.25. The Hall–Kier alpha value is -1.04. The van der Waals surface area contributed by atoms with Gasteiger partial charge in [0.05, 0.1) is 0 Å². The zero-order valence-electron chi connectivity index (χ0n) is 10.8. The Balaban J connectivity index is 2.66. The summed E-state index contributed by atoms with van der Waals surface area (Å²) in [5.41, 5.74) is 2.50. The summed E-state index contributed by atoms with van der Waals surface area (Å²) in [5.74, 6) is 0. The molecule has 0 aliphatic carbocycles. The van der Waals surface area contributed by atoms with Crippen LogP contribution in [-0.4, -0.2) is 13.1 Å². The van der Waals surface area contributed by atoms with E-state index < -0.39 is 0 Å². The highest BCUT2D eigenvalue weighted by molar-refractivity contribution is 14.1. The summed E-state index contributed by atoms with van der Waals surface area (Å²) < 4.78 is 6.03. The van der Waals surface area contributed by atoms with E-state index in [1.54, 1.807) is 0 Å². The van der Waals surface area contributed by atoms with Crippen molar-refractivity contribution in [3.63, 3.8) is 0 Å². The first-order valence-corrected chi connectivity index (χ1v) is 7.14. The highest BCUT2D eigenvalue weighted by Crippen LogP contribution is 2.25. The van der Waals surface area contributed by atoms with E-state index in [-0.39, 0.29) is 5.63 Å². The second-order valence-corrected chi connectivity index (χ2v) is 5.26. The quantitative estimate of drug-likeness (QED) is 0.622. The van der Waals surface area contributed by atoms with Crippen LogP contribution in [0.15, 0.2) is 27.4 Å². The number of halogens is 1. The number of fused-ring (bicyclic) bond motifs is 1. The highest BCUT2D eigenvalue weighted by atomic mass is 127. The van der Waals surface area contributed by atoms with Crippen molar-refractivity contribution in [2.45, 2.75) is 20.8 Å².